The summed E-state index contributed by atoms with van der Waals surface area (Å²) in [6, 6.07) is 0. The van der Waals surface area contributed by atoms with Crippen LogP contribution in [0.2, 0.25) is 0 Å². The molecular formula is C13H28. The summed E-state index contributed by atoms with van der Waals surface area (Å²) < 4.78 is 0. The summed E-state index contributed by atoms with van der Waals surface area (Å²) in [5, 5.41) is 0. The zero-order chi connectivity index (χ0) is 10.4. The SMILES string of the molecule is CC.CC(C)[C@H]1CCC[C@H]1C(C)C. The van der Waals surface area contributed by atoms with Crippen LogP contribution in [0.1, 0.15) is 60.8 Å². The molecule has 0 aromatic heterocycles. The quantitative estimate of drug-likeness (QED) is 0.581. The van der Waals surface area contributed by atoms with Gasteiger partial charge in [-0.15, -0.1) is 0 Å². The van der Waals surface area contributed by atoms with Crippen molar-refractivity contribution < 1.29 is 0 Å². The summed E-state index contributed by atoms with van der Waals surface area (Å²) in [6.07, 6.45) is 4.45. The van der Waals surface area contributed by atoms with Crippen molar-refractivity contribution in [3.63, 3.8) is 0 Å². The van der Waals surface area contributed by atoms with Gasteiger partial charge >= 0.3 is 0 Å². The molecule has 0 aromatic carbocycles. The predicted molar refractivity (Wildman–Crippen MR) is 61.9 cm³/mol. The van der Waals surface area contributed by atoms with E-state index in [0.29, 0.717) is 0 Å². The van der Waals surface area contributed by atoms with Crippen molar-refractivity contribution in [1.82, 2.24) is 0 Å². The molecule has 1 saturated carbocycles. The maximum absolute atomic E-state index is 2.38. The first-order valence-electron chi connectivity index (χ1n) is 6.13. The summed E-state index contributed by atoms with van der Waals surface area (Å²) in [5.41, 5.74) is 0. The van der Waals surface area contributed by atoms with Crippen LogP contribution < -0.4 is 0 Å². The van der Waals surface area contributed by atoms with Gasteiger partial charge in [0.1, 0.15) is 0 Å². The van der Waals surface area contributed by atoms with Gasteiger partial charge in [-0.1, -0.05) is 48.0 Å². The van der Waals surface area contributed by atoms with Crippen molar-refractivity contribution >= 4 is 0 Å². The van der Waals surface area contributed by atoms with Crippen LogP contribution in [0.25, 0.3) is 0 Å². The molecule has 13 heavy (non-hydrogen) atoms. The maximum atomic E-state index is 2.38. The molecule has 1 rings (SSSR count). The summed E-state index contributed by atoms with van der Waals surface area (Å²) in [4.78, 5) is 0. The summed E-state index contributed by atoms with van der Waals surface area (Å²) in [6.45, 7) is 13.5. The van der Waals surface area contributed by atoms with Gasteiger partial charge in [-0.2, -0.15) is 0 Å². The van der Waals surface area contributed by atoms with E-state index in [4.69, 9.17) is 0 Å². The van der Waals surface area contributed by atoms with Crippen LogP contribution in [-0.4, -0.2) is 0 Å². The monoisotopic (exact) mass is 184 g/mol. The highest BCUT2D eigenvalue weighted by atomic mass is 14.4. The Balaban J connectivity index is 0.000000671. The molecule has 0 nitrogen and oxygen atoms in total. The second-order valence-electron chi connectivity index (χ2n) is 4.75. The second kappa shape index (κ2) is 6.45. The minimum atomic E-state index is 0.907. The highest BCUT2D eigenvalue weighted by Gasteiger charge is 2.31. The molecule has 0 heterocycles. The van der Waals surface area contributed by atoms with Crippen molar-refractivity contribution in [3.8, 4) is 0 Å². The number of rotatable bonds is 2. The Kier molecular flexibility index (Phi) is 6.45. The lowest BCUT2D eigenvalue weighted by atomic mass is 9.80. The highest BCUT2D eigenvalue weighted by Crippen LogP contribution is 2.40. The fourth-order valence-corrected chi connectivity index (χ4v) is 2.67. The Morgan fingerprint density at radius 1 is 0.769 bits per heavy atom. The fourth-order valence-electron chi connectivity index (χ4n) is 2.67. The van der Waals surface area contributed by atoms with Crippen LogP contribution in [0.15, 0.2) is 0 Å². The third kappa shape index (κ3) is 3.70. The molecule has 0 unspecified atom stereocenters. The van der Waals surface area contributed by atoms with Crippen LogP contribution in [0, 0.1) is 23.7 Å². The van der Waals surface area contributed by atoms with Gasteiger partial charge < -0.3 is 0 Å². The normalized spacial score (nSPS) is 27.7. The predicted octanol–water partition coefficient (Wildman–Crippen LogP) is 4.74. The molecule has 2 atom stereocenters. The third-order valence-corrected chi connectivity index (χ3v) is 3.34. The van der Waals surface area contributed by atoms with Gasteiger partial charge in [0.2, 0.25) is 0 Å². The molecule has 1 aliphatic carbocycles. The molecule has 1 aliphatic rings. The lowest BCUT2D eigenvalue weighted by molar-refractivity contribution is 0.235. The maximum Gasteiger partial charge on any atom is -0.0360 e. The van der Waals surface area contributed by atoms with Gasteiger partial charge in [0, 0.05) is 0 Å². The van der Waals surface area contributed by atoms with E-state index in [9.17, 15) is 0 Å². The summed E-state index contributed by atoms with van der Waals surface area (Å²) in [7, 11) is 0. The Labute approximate surface area is 85.1 Å². The average Bonchev–Trinajstić information content (AvgIpc) is 2.55. The Bertz CT molecular complexity index is 99.2. The van der Waals surface area contributed by atoms with E-state index in [1.165, 1.54) is 19.3 Å². The van der Waals surface area contributed by atoms with Crippen LogP contribution in [0.3, 0.4) is 0 Å². The molecule has 0 radical (unpaired) electrons. The molecule has 0 bridgehead atoms. The smallest absolute Gasteiger partial charge is 0.0360 e. The van der Waals surface area contributed by atoms with Crippen molar-refractivity contribution in [2.24, 2.45) is 23.7 Å². The van der Waals surface area contributed by atoms with Crippen LogP contribution in [0.5, 0.6) is 0 Å². The summed E-state index contributed by atoms with van der Waals surface area (Å²) >= 11 is 0. The molecule has 0 amide bonds. The lowest BCUT2D eigenvalue weighted by Gasteiger charge is -2.26. The van der Waals surface area contributed by atoms with E-state index < -0.39 is 0 Å². The molecule has 1 fully saturated rings. The van der Waals surface area contributed by atoms with Crippen LogP contribution >= 0.6 is 0 Å². The molecule has 0 aliphatic heterocycles. The number of hydrogen-bond acceptors (Lipinski definition) is 0. The number of hydrogen-bond donors (Lipinski definition) is 0. The standard InChI is InChI=1S/C11H22.C2H6/c1-8(2)10-6-5-7-11(10)9(3)4;1-2/h8-11H,5-7H2,1-4H3;1-2H3/t10-,11+;. The third-order valence-electron chi connectivity index (χ3n) is 3.34. The van der Waals surface area contributed by atoms with E-state index in [-0.39, 0.29) is 0 Å². The molecule has 0 aromatic rings. The Morgan fingerprint density at radius 2 is 1.08 bits per heavy atom. The first-order valence-corrected chi connectivity index (χ1v) is 6.13. The van der Waals surface area contributed by atoms with Crippen LogP contribution in [-0.2, 0) is 0 Å². The molecule has 0 spiro atoms. The van der Waals surface area contributed by atoms with E-state index in [1.807, 2.05) is 13.8 Å². The first kappa shape index (κ1) is 13.0. The molecule has 0 N–H and O–H groups in total. The average molecular weight is 184 g/mol. The zero-order valence-corrected chi connectivity index (χ0v) is 10.4. The molecule has 0 heteroatoms. The summed E-state index contributed by atoms with van der Waals surface area (Å²) in [5.74, 6) is 3.86. The molecular weight excluding hydrogens is 156 g/mol. The van der Waals surface area contributed by atoms with Gasteiger partial charge in [0.25, 0.3) is 0 Å². The highest BCUT2D eigenvalue weighted by molar-refractivity contribution is 4.81. The minimum Gasteiger partial charge on any atom is -0.0683 e. The molecule has 0 saturated heterocycles. The minimum absolute atomic E-state index is 0.907. The van der Waals surface area contributed by atoms with Gasteiger partial charge in [-0.05, 0) is 36.5 Å². The second-order valence-corrected chi connectivity index (χ2v) is 4.75. The Hall–Kier alpha value is 0. The molecule has 80 valence electrons. The largest absolute Gasteiger partial charge is 0.0683 e. The van der Waals surface area contributed by atoms with Gasteiger partial charge in [0.05, 0.1) is 0 Å². The zero-order valence-electron chi connectivity index (χ0n) is 10.4. The van der Waals surface area contributed by atoms with Gasteiger partial charge in [-0.25, -0.2) is 0 Å². The van der Waals surface area contributed by atoms with Gasteiger partial charge in [0.15, 0.2) is 0 Å². The van der Waals surface area contributed by atoms with E-state index in [0.717, 1.165) is 23.7 Å². The van der Waals surface area contributed by atoms with Crippen molar-refractivity contribution in [1.29, 1.82) is 0 Å². The Morgan fingerprint density at radius 3 is 1.31 bits per heavy atom. The lowest BCUT2D eigenvalue weighted by Crippen LogP contribution is -2.18. The topological polar surface area (TPSA) is 0 Å². The fraction of sp³-hybridized carbons (Fsp3) is 1.00. The van der Waals surface area contributed by atoms with E-state index >= 15 is 0 Å². The van der Waals surface area contributed by atoms with Crippen molar-refractivity contribution in [2.45, 2.75) is 60.8 Å². The van der Waals surface area contributed by atoms with Crippen LogP contribution in [0.4, 0.5) is 0 Å². The van der Waals surface area contributed by atoms with Crippen molar-refractivity contribution in [3.05, 3.63) is 0 Å². The van der Waals surface area contributed by atoms with E-state index in [1.54, 1.807) is 0 Å². The van der Waals surface area contributed by atoms with Crippen molar-refractivity contribution in [2.75, 3.05) is 0 Å². The van der Waals surface area contributed by atoms with E-state index in [2.05, 4.69) is 27.7 Å². The van der Waals surface area contributed by atoms with Gasteiger partial charge in [-0.3, -0.25) is 0 Å². The first-order chi connectivity index (χ1) is 6.13.